The fourth-order valence-corrected chi connectivity index (χ4v) is 3.98. The molecule has 2 aromatic rings. The smallest absolute Gasteiger partial charge is 0.251 e. The number of aliphatic hydroxyl groups is 1. The third-order valence-corrected chi connectivity index (χ3v) is 5.88. The molecular formula is C26H35N3O4. The van der Waals surface area contributed by atoms with Gasteiger partial charge in [-0.15, -0.1) is 0 Å². The summed E-state index contributed by atoms with van der Waals surface area (Å²) >= 11 is 0. The molecule has 0 unspecified atom stereocenters. The molecule has 0 aliphatic carbocycles. The number of ether oxygens (including phenoxy) is 1. The van der Waals surface area contributed by atoms with E-state index in [0.717, 1.165) is 31.2 Å². The Balaban J connectivity index is 1.81. The molecule has 0 bridgehead atoms. The van der Waals surface area contributed by atoms with Crippen LogP contribution in [0.2, 0.25) is 0 Å². The number of nitrogens with one attached hydrogen (secondary N) is 1. The number of benzene rings is 2. The molecule has 4 N–H and O–H groups in total. The van der Waals surface area contributed by atoms with Crippen LogP contribution < -0.4 is 20.7 Å². The summed E-state index contributed by atoms with van der Waals surface area (Å²) in [4.78, 5) is 27.2. The summed E-state index contributed by atoms with van der Waals surface area (Å²) in [5.41, 5.74) is 7.74. The van der Waals surface area contributed by atoms with Gasteiger partial charge in [0.25, 0.3) is 5.91 Å². The summed E-state index contributed by atoms with van der Waals surface area (Å²) in [5.74, 6) is 0.271. The Hall–Kier alpha value is -2.90. The molecule has 178 valence electrons. The van der Waals surface area contributed by atoms with Crippen molar-refractivity contribution in [1.82, 2.24) is 5.32 Å². The first-order valence-electron chi connectivity index (χ1n) is 11.8. The van der Waals surface area contributed by atoms with Crippen molar-refractivity contribution in [3.05, 3.63) is 59.7 Å². The Morgan fingerprint density at radius 3 is 2.67 bits per heavy atom. The Morgan fingerprint density at radius 2 is 2.00 bits per heavy atom. The van der Waals surface area contributed by atoms with Gasteiger partial charge in [0, 0.05) is 36.8 Å². The van der Waals surface area contributed by atoms with E-state index >= 15 is 0 Å². The van der Waals surface area contributed by atoms with E-state index in [0.29, 0.717) is 43.0 Å². The van der Waals surface area contributed by atoms with Crippen LogP contribution in [0.15, 0.2) is 48.5 Å². The van der Waals surface area contributed by atoms with Gasteiger partial charge in [-0.3, -0.25) is 9.59 Å². The van der Waals surface area contributed by atoms with Crippen LogP contribution in [0.25, 0.3) is 0 Å². The minimum absolute atomic E-state index is 0.0336. The molecule has 0 spiro atoms. The van der Waals surface area contributed by atoms with E-state index in [4.69, 9.17) is 10.5 Å². The van der Waals surface area contributed by atoms with Crippen LogP contribution in [0.1, 0.15) is 54.9 Å². The van der Waals surface area contributed by atoms with Crippen molar-refractivity contribution in [2.75, 3.05) is 24.6 Å². The lowest BCUT2D eigenvalue weighted by Gasteiger charge is -2.24. The Labute approximate surface area is 195 Å². The zero-order valence-corrected chi connectivity index (χ0v) is 19.3. The van der Waals surface area contributed by atoms with Crippen molar-refractivity contribution in [1.29, 1.82) is 0 Å². The Kier molecular flexibility index (Phi) is 9.27. The van der Waals surface area contributed by atoms with E-state index in [1.54, 1.807) is 17.0 Å². The quantitative estimate of drug-likeness (QED) is 0.429. The number of carbonyl (C=O) groups excluding carboxylic acids is 2. The molecule has 7 heteroatoms. The maximum Gasteiger partial charge on any atom is 0.251 e. The number of aliphatic hydroxyl groups excluding tert-OH is 1. The predicted molar refractivity (Wildman–Crippen MR) is 130 cm³/mol. The highest BCUT2D eigenvalue weighted by molar-refractivity contribution is 5.99. The fraction of sp³-hybridized carbons (Fsp3) is 0.462. The number of carbonyl (C=O) groups is 2. The second kappa shape index (κ2) is 12.4. The molecule has 0 radical (unpaired) electrons. The molecule has 2 amide bonds. The van der Waals surface area contributed by atoms with E-state index in [2.05, 4.69) is 12.2 Å². The highest BCUT2D eigenvalue weighted by atomic mass is 16.5. The largest absolute Gasteiger partial charge is 0.493 e. The van der Waals surface area contributed by atoms with Crippen molar-refractivity contribution >= 4 is 17.5 Å². The lowest BCUT2D eigenvalue weighted by molar-refractivity contribution is -0.117. The number of unbranched alkanes of at least 4 members (excludes halogenated alkanes) is 2. The molecule has 1 fully saturated rings. The second-order valence-electron chi connectivity index (χ2n) is 8.49. The lowest BCUT2D eigenvalue weighted by Crippen LogP contribution is -2.47. The molecule has 3 rings (SSSR count). The van der Waals surface area contributed by atoms with Gasteiger partial charge >= 0.3 is 0 Å². The van der Waals surface area contributed by atoms with Crippen LogP contribution in [0, 0.1) is 0 Å². The Morgan fingerprint density at radius 1 is 1.21 bits per heavy atom. The van der Waals surface area contributed by atoms with Crippen molar-refractivity contribution in [2.45, 2.75) is 57.6 Å². The normalized spacial score (nSPS) is 15.4. The number of hydrogen-bond acceptors (Lipinski definition) is 5. The highest BCUT2D eigenvalue weighted by Gasteiger charge is 2.25. The molecule has 7 nitrogen and oxygen atoms in total. The number of hydrogen-bond donors (Lipinski definition) is 3. The van der Waals surface area contributed by atoms with E-state index in [9.17, 15) is 14.7 Å². The van der Waals surface area contributed by atoms with Gasteiger partial charge in [0.15, 0.2) is 0 Å². The van der Waals surface area contributed by atoms with Gasteiger partial charge in [0.2, 0.25) is 5.91 Å². The van der Waals surface area contributed by atoms with Crippen molar-refractivity contribution in [2.24, 2.45) is 5.73 Å². The zero-order chi connectivity index (χ0) is 23.6. The summed E-state index contributed by atoms with van der Waals surface area (Å²) in [7, 11) is 0. The van der Waals surface area contributed by atoms with E-state index in [1.165, 1.54) is 0 Å². The SMILES string of the molecule is CCCCCOc1cc(C(=O)N[C@@H](Cc2ccccc2)[C@H](O)CN)cc(N2CCCC2=O)c1. The van der Waals surface area contributed by atoms with Crippen LogP contribution in [0.5, 0.6) is 5.75 Å². The van der Waals surface area contributed by atoms with Crippen LogP contribution in [-0.4, -0.2) is 48.8 Å². The molecule has 0 saturated carbocycles. The second-order valence-corrected chi connectivity index (χ2v) is 8.49. The van der Waals surface area contributed by atoms with Gasteiger partial charge < -0.3 is 25.8 Å². The van der Waals surface area contributed by atoms with Crippen LogP contribution >= 0.6 is 0 Å². The van der Waals surface area contributed by atoms with Gasteiger partial charge in [-0.05, 0) is 37.0 Å². The summed E-state index contributed by atoms with van der Waals surface area (Å²) < 4.78 is 5.92. The number of nitrogens with two attached hydrogens (primary N) is 1. The number of nitrogens with zero attached hydrogens (tertiary/aromatic N) is 1. The zero-order valence-electron chi connectivity index (χ0n) is 19.3. The van der Waals surface area contributed by atoms with E-state index in [1.807, 2.05) is 36.4 Å². The average molecular weight is 454 g/mol. The summed E-state index contributed by atoms with van der Waals surface area (Å²) in [6.07, 6.45) is 3.95. The van der Waals surface area contributed by atoms with E-state index in [-0.39, 0.29) is 18.4 Å². The summed E-state index contributed by atoms with van der Waals surface area (Å²) in [5, 5.41) is 13.4. The molecule has 1 aliphatic heterocycles. The Bertz CT molecular complexity index is 919. The number of anilines is 1. The maximum absolute atomic E-state index is 13.2. The molecule has 1 aliphatic rings. The van der Waals surface area contributed by atoms with Crippen LogP contribution in [0.3, 0.4) is 0 Å². The molecule has 2 aromatic carbocycles. The number of rotatable bonds is 12. The average Bonchev–Trinajstić information content (AvgIpc) is 3.27. The lowest BCUT2D eigenvalue weighted by atomic mass is 10.0. The highest BCUT2D eigenvalue weighted by Crippen LogP contribution is 2.28. The van der Waals surface area contributed by atoms with Gasteiger partial charge in [-0.25, -0.2) is 0 Å². The molecule has 0 aromatic heterocycles. The minimum atomic E-state index is -0.887. The third-order valence-electron chi connectivity index (χ3n) is 5.88. The van der Waals surface area contributed by atoms with Gasteiger partial charge in [-0.1, -0.05) is 50.1 Å². The predicted octanol–water partition coefficient (Wildman–Crippen LogP) is 3.04. The van der Waals surface area contributed by atoms with Crippen molar-refractivity contribution in [3.8, 4) is 5.75 Å². The van der Waals surface area contributed by atoms with Gasteiger partial charge in [-0.2, -0.15) is 0 Å². The molecule has 1 heterocycles. The summed E-state index contributed by atoms with van der Waals surface area (Å²) in [6, 6.07) is 14.3. The van der Waals surface area contributed by atoms with Gasteiger partial charge in [0.1, 0.15) is 5.75 Å². The molecule has 33 heavy (non-hydrogen) atoms. The molecule has 2 atom stereocenters. The van der Waals surface area contributed by atoms with Crippen LogP contribution in [-0.2, 0) is 11.2 Å². The number of amides is 2. The third kappa shape index (κ3) is 7.04. The van der Waals surface area contributed by atoms with Gasteiger partial charge in [0.05, 0.1) is 18.8 Å². The van der Waals surface area contributed by atoms with E-state index < -0.39 is 12.1 Å². The summed E-state index contributed by atoms with van der Waals surface area (Å²) in [6.45, 7) is 3.34. The van der Waals surface area contributed by atoms with Crippen molar-refractivity contribution < 1.29 is 19.4 Å². The first kappa shape index (κ1) is 24.7. The van der Waals surface area contributed by atoms with Crippen molar-refractivity contribution in [3.63, 3.8) is 0 Å². The fourth-order valence-electron chi connectivity index (χ4n) is 3.98. The molecule has 1 saturated heterocycles. The minimum Gasteiger partial charge on any atom is -0.493 e. The standard InChI is InChI=1S/C26H35N3O4/c1-2-3-7-13-33-22-16-20(15-21(17-22)29-12-8-11-25(29)31)26(32)28-23(24(30)18-27)14-19-9-5-4-6-10-19/h4-6,9-10,15-17,23-24,30H,2-3,7-8,11-14,18,27H2,1H3,(H,28,32)/t23-,24+/m0/s1. The maximum atomic E-state index is 13.2. The first-order valence-corrected chi connectivity index (χ1v) is 11.8. The topological polar surface area (TPSA) is 105 Å². The monoisotopic (exact) mass is 453 g/mol. The molecular weight excluding hydrogens is 418 g/mol. The van der Waals surface area contributed by atoms with Crippen LogP contribution in [0.4, 0.5) is 5.69 Å². The first-order chi connectivity index (χ1) is 16.0.